The lowest BCUT2D eigenvalue weighted by Gasteiger charge is -2.49. The van der Waals surface area contributed by atoms with Crippen LogP contribution in [0.5, 0.6) is 0 Å². The fourth-order valence-corrected chi connectivity index (χ4v) is 8.75. The Bertz CT molecular complexity index is 1160. The highest BCUT2D eigenvalue weighted by Gasteiger charge is 2.70. The number of fused-ring (bicyclic) bond motifs is 3. The first-order valence-corrected chi connectivity index (χ1v) is 13.4. The van der Waals surface area contributed by atoms with Crippen LogP contribution >= 0.6 is 0 Å². The molecule has 6 unspecified atom stereocenters. The maximum Gasteiger partial charge on any atom is 0.315 e. The minimum absolute atomic E-state index is 0.0370. The van der Waals surface area contributed by atoms with Crippen molar-refractivity contribution in [2.45, 2.75) is 70.6 Å². The molecule has 2 heterocycles. The van der Waals surface area contributed by atoms with Crippen molar-refractivity contribution in [1.82, 2.24) is 14.7 Å². The minimum atomic E-state index is -0.360. The van der Waals surface area contributed by atoms with Crippen molar-refractivity contribution in [3.8, 4) is 0 Å². The monoisotopic (exact) mass is 461 g/mol. The summed E-state index contributed by atoms with van der Waals surface area (Å²) in [7, 11) is 0. The molecule has 5 fully saturated rings. The number of amides is 1. The molecule has 5 saturated carbocycles. The largest absolute Gasteiger partial charge is 0.465 e. The quantitative estimate of drug-likeness (QED) is 0.577. The summed E-state index contributed by atoms with van der Waals surface area (Å²) in [5.41, 5.74) is 2.96. The van der Waals surface area contributed by atoms with Crippen molar-refractivity contribution in [1.29, 1.82) is 0 Å². The zero-order chi connectivity index (χ0) is 23.1. The Kier molecular flexibility index (Phi) is 4.51. The van der Waals surface area contributed by atoms with Crippen LogP contribution in [-0.4, -0.2) is 34.4 Å². The van der Waals surface area contributed by atoms with Crippen LogP contribution in [0.4, 0.5) is 0 Å². The summed E-state index contributed by atoms with van der Waals surface area (Å²) in [6.07, 6.45) is 13.3. The van der Waals surface area contributed by atoms with Crippen molar-refractivity contribution in [2.24, 2.45) is 34.5 Å². The zero-order valence-corrected chi connectivity index (χ0v) is 20.1. The molecular formula is C28H35N3O3. The maximum absolute atomic E-state index is 13.4. The Hall–Kier alpha value is -2.37. The highest BCUT2D eigenvalue weighted by molar-refractivity contribution is 5.93. The molecule has 180 valence electrons. The number of esters is 1. The first-order valence-electron chi connectivity index (χ1n) is 13.4. The van der Waals surface area contributed by atoms with Gasteiger partial charge < -0.3 is 10.1 Å². The molecule has 6 heteroatoms. The fourth-order valence-electron chi connectivity index (χ4n) is 8.75. The van der Waals surface area contributed by atoms with Gasteiger partial charge >= 0.3 is 5.97 Å². The molecule has 0 aliphatic heterocycles. The molecule has 0 radical (unpaired) electrons. The number of nitrogens with zero attached hydrogens (tertiary/aromatic N) is 2. The third-order valence-corrected chi connectivity index (χ3v) is 10.1. The lowest BCUT2D eigenvalue weighted by atomic mass is 9.55. The van der Waals surface area contributed by atoms with Gasteiger partial charge in [0, 0.05) is 12.7 Å². The SMILES string of the molecule is CCOC(=O)C(CC1CC1)c1cn2c(C(=O)NCC34CC5CC6CC(C3)C6(C5)C4)cccc2n1. The predicted molar refractivity (Wildman–Crippen MR) is 127 cm³/mol. The predicted octanol–water partition coefficient (Wildman–Crippen LogP) is 4.73. The van der Waals surface area contributed by atoms with Crippen LogP contribution < -0.4 is 5.32 Å². The number of pyridine rings is 1. The minimum Gasteiger partial charge on any atom is -0.465 e. The second-order valence-electron chi connectivity index (χ2n) is 12.2. The van der Waals surface area contributed by atoms with Gasteiger partial charge in [-0.25, -0.2) is 4.98 Å². The van der Waals surface area contributed by atoms with Gasteiger partial charge in [0.05, 0.1) is 12.3 Å². The molecule has 1 N–H and O–H groups in total. The summed E-state index contributed by atoms with van der Waals surface area (Å²) < 4.78 is 7.22. The number of carbonyl (C=O) groups is 2. The summed E-state index contributed by atoms with van der Waals surface area (Å²) in [5, 5.41) is 3.33. The van der Waals surface area contributed by atoms with Gasteiger partial charge in [-0.15, -0.1) is 0 Å². The number of imidazole rings is 1. The number of ether oxygens (including phenoxy) is 1. The third kappa shape index (κ3) is 3.09. The standard InChI is InChI=1S/C28H35N3O3/c1-2-34-26(33)21(9-17-6-7-17)22-14-31-23(4-3-5-24(31)30-22)25(32)29-16-27-11-18-8-19-10-20(13-27)28(19,12-18)15-27/h3-5,14,17-21H,2,6-13,15-16H2,1H3,(H,29,32). The number of nitrogens with one attached hydrogen (secondary N) is 1. The third-order valence-electron chi connectivity index (χ3n) is 10.1. The molecule has 5 aliphatic rings. The number of aromatic nitrogens is 2. The van der Waals surface area contributed by atoms with E-state index in [-0.39, 0.29) is 17.8 Å². The van der Waals surface area contributed by atoms with E-state index in [1.165, 1.54) is 51.4 Å². The lowest BCUT2D eigenvalue weighted by Crippen LogP contribution is -2.43. The molecule has 0 aromatic carbocycles. The second-order valence-corrected chi connectivity index (χ2v) is 12.2. The van der Waals surface area contributed by atoms with Gasteiger partial charge in [0.25, 0.3) is 5.91 Å². The van der Waals surface area contributed by atoms with Crippen LogP contribution in [0.2, 0.25) is 0 Å². The molecule has 34 heavy (non-hydrogen) atoms. The van der Waals surface area contributed by atoms with E-state index >= 15 is 0 Å². The average molecular weight is 462 g/mol. The topological polar surface area (TPSA) is 72.7 Å². The van der Waals surface area contributed by atoms with Crippen LogP contribution in [0.1, 0.15) is 86.8 Å². The van der Waals surface area contributed by atoms with E-state index in [1.54, 1.807) is 0 Å². The first-order chi connectivity index (χ1) is 16.5. The van der Waals surface area contributed by atoms with Gasteiger partial charge in [-0.3, -0.25) is 14.0 Å². The Labute approximate surface area is 200 Å². The molecule has 1 spiro atoms. The van der Waals surface area contributed by atoms with Crippen LogP contribution in [-0.2, 0) is 9.53 Å². The molecule has 7 rings (SSSR count). The molecule has 2 aromatic heterocycles. The highest BCUT2D eigenvalue weighted by Crippen LogP contribution is 2.78. The summed E-state index contributed by atoms with van der Waals surface area (Å²) in [6.45, 7) is 3.00. The molecule has 5 aliphatic carbocycles. The Morgan fingerprint density at radius 2 is 2.09 bits per heavy atom. The van der Waals surface area contributed by atoms with Crippen molar-refractivity contribution < 1.29 is 14.3 Å². The summed E-state index contributed by atoms with van der Waals surface area (Å²) in [6, 6.07) is 5.66. The van der Waals surface area contributed by atoms with E-state index in [1.807, 2.05) is 35.7 Å². The summed E-state index contributed by atoms with van der Waals surface area (Å²) in [4.78, 5) is 30.8. The Balaban J connectivity index is 1.12. The second kappa shape index (κ2) is 7.32. The van der Waals surface area contributed by atoms with Crippen LogP contribution in [0, 0.1) is 34.5 Å². The van der Waals surface area contributed by atoms with Crippen molar-refractivity contribution in [3.05, 3.63) is 35.8 Å². The molecule has 1 amide bonds. The smallest absolute Gasteiger partial charge is 0.315 e. The van der Waals surface area contributed by atoms with Crippen molar-refractivity contribution in [3.63, 3.8) is 0 Å². The fraction of sp³-hybridized carbons (Fsp3) is 0.679. The first kappa shape index (κ1) is 21.0. The van der Waals surface area contributed by atoms with E-state index in [0.717, 1.165) is 30.7 Å². The molecule has 3 bridgehead atoms. The van der Waals surface area contributed by atoms with Gasteiger partial charge in [0.2, 0.25) is 0 Å². The van der Waals surface area contributed by atoms with Gasteiger partial charge in [-0.1, -0.05) is 18.9 Å². The molecule has 6 nitrogen and oxygen atoms in total. The average Bonchev–Trinajstić information content (AvgIpc) is 3.45. The van der Waals surface area contributed by atoms with Gasteiger partial charge in [0.1, 0.15) is 17.3 Å². The van der Waals surface area contributed by atoms with Gasteiger partial charge in [-0.2, -0.15) is 0 Å². The highest BCUT2D eigenvalue weighted by atomic mass is 16.5. The number of hydrogen-bond acceptors (Lipinski definition) is 4. The van der Waals surface area contributed by atoms with E-state index in [2.05, 4.69) is 5.32 Å². The number of rotatable bonds is 8. The van der Waals surface area contributed by atoms with Crippen LogP contribution in [0.15, 0.2) is 24.4 Å². The summed E-state index contributed by atoms with van der Waals surface area (Å²) in [5.74, 6) is 2.74. The lowest BCUT2D eigenvalue weighted by molar-refractivity contribution is -0.145. The summed E-state index contributed by atoms with van der Waals surface area (Å²) >= 11 is 0. The van der Waals surface area contributed by atoms with E-state index in [9.17, 15) is 9.59 Å². The van der Waals surface area contributed by atoms with E-state index in [0.29, 0.717) is 40.4 Å². The van der Waals surface area contributed by atoms with E-state index in [4.69, 9.17) is 9.72 Å². The normalized spacial score (nSPS) is 35.7. The van der Waals surface area contributed by atoms with Crippen LogP contribution in [0.3, 0.4) is 0 Å². The number of carbonyl (C=O) groups excluding carboxylic acids is 2. The van der Waals surface area contributed by atoms with Gasteiger partial charge in [-0.05, 0) is 98.5 Å². The maximum atomic E-state index is 13.4. The molecular weight excluding hydrogens is 426 g/mol. The Morgan fingerprint density at radius 1 is 1.21 bits per heavy atom. The molecule has 2 aromatic rings. The van der Waals surface area contributed by atoms with Crippen molar-refractivity contribution in [2.75, 3.05) is 13.2 Å². The molecule has 6 atom stereocenters. The van der Waals surface area contributed by atoms with Gasteiger partial charge in [0.15, 0.2) is 0 Å². The number of hydrogen-bond donors (Lipinski definition) is 1. The zero-order valence-electron chi connectivity index (χ0n) is 20.1. The van der Waals surface area contributed by atoms with Crippen molar-refractivity contribution >= 4 is 17.5 Å². The Morgan fingerprint density at radius 3 is 2.91 bits per heavy atom. The van der Waals surface area contributed by atoms with Crippen LogP contribution in [0.25, 0.3) is 5.65 Å². The van der Waals surface area contributed by atoms with E-state index < -0.39 is 0 Å². The molecule has 0 saturated heterocycles.